The molecular weight excluding hydrogens is 290 g/mol. The van der Waals surface area contributed by atoms with Gasteiger partial charge in [0.15, 0.2) is 6.54 Å². The number of nitrogens with one attached hydrogen (secondary N) is 3. The van der Waals surface area contributed by atoms with Crippen LogP contribution < -0.4 is 15.8 Å². The highest BCUT2D eigenvalue weighted by Crippen LogP contribution is 2.32. The van der Waals surface area contributed by atoms with Gasteiger partial charge in [0.1, 0.15) is 0 Å². The first-order chi connectivity index (χ1) is 11.2. The molecule has 0 spiro atoms. The molecule has 124 valence electrons. The number of benzene rings is 1. The minimum atomic E-state index is -0.278. The van der Waals surface area contributed by atoms with Gasteiger partial charge in [0.05, 0.1) is 13.1 Å². The summed E-state index contributed by atoms with van der Waals surface area (Å²) in [5.74, 6) is 1.28. The first kappa shape index (κ1) is 16.0. The van der Waals surface area contributed by atoms with E-state index in [1.165, 1.54) is 37.0 Å². The number of carbonyl (C=O) groups is 2. The summed E-state index contributed by atoms with van der Waals surface area (Å²) < 4.78 is 0. The van der Waals surface area contributed by atoms with Crippen LogP contribution in [0.15, 0.2) is 30.3 Å². The second-order valence-electron chi connectivity index (χ2n) is 6.84. The molecule has 1 aliphatic heterocycles. The molecule has 2 fully saturated rings. The summed E-state index contributed by atoms with van der Waals surface area (Å²) in [5, 5.41) is 0. The van der Waals surface area contributed by atoms with Crippen LogP contribution in [-0.2, 0) is 4.79 Å². The normalized spacial score (nSPS) is 26.9. The Hall–Kier alpha value is -1.88. The van der Waals surface area contributed by atoms with Gasteiger partial charge < -0.3 is 4.90 Å². The minimum Gasteiger partial charge on any atom is -0.327 e. The van der Waals surface area contributed by atoms with E-state index in [0.717, 1.165) is 24.9 Å². The molecule has 5 nitrogen and oxygen atoms in total. The van der Waals surface area contributed by atoms with Gasteiger partial charge in [-0.05, 0) is 37.3 Å². The monoisotopic (exact) mass is 316 g/mol. The van der Waals surface area contributed by atoms with Crippen molar-refractivity contribution in [2.45, 2.75) is 32.1 Å². The predicted molar refractivity (Wildman–Crippen MR) is 87.7 cm³/mol. The number of rotatable bonds is 3. The third kappa shape index (κ3) is 4.32. The SMILES string of the molecule is O=C(C[NH+]1CC[C@@H]2CCCC[C@@H]2C1)NNC(=O)c1ccccc1. The average molecular weight is 316 g/mol. The lowest BCUT2D eigenvalue weighted by atomic mass is 9.75. The number of likely N-dealkylation sites (tertiary alicyclic amines) is 1. The maximum absolute atomic E-state index is 12.1. The Labute approximate surface area is 137 Å². The summed E-state index contributed by atoms with van der Waals surface area (Å²) in [6.45, 7) is 2.62. The highest BCUT2D eigenvalue weighted by molar-refractivity contribution is 5.95. The highest BCUT2D eigenvalue weighted by atomic mass is 16.2. The molecule has 2 amide bonds. The van der Waals surface area contributed by atoms with Crippen molar-refractivity contribution in [2.75, 3.05) is 19.6 Å². The van der Waals surface area contributed by atoms with E-state index in [0.29, 0.717) is 12.1 Å². The van der Waals surface area contributed by atoms with E-state index >= 15 is 0 Å². The molecule has 3 N–H and O–H groups in total. The number of quaternary nitrogens is 1. The molecule has 3 rings (SSSR count). The van der Waals surface area contributed by atoms with Gasteiger partial charge >= 0.3 is 0 Å². The number of carbonyl (C=O) groups excluding carboxylic acids is 2. The number of amides is 2. The van der Waals surface area contributed by atoms with E-state index in [1.807, 2.05) is 6.07 Å². The second-order valence-corrected chi connectivity index (χ2v) is 6.84. The van der Waals surface area contributed by atoms with Gasteiger partial charge in [-0.1, -0.05) is 31.0 Å². The summed E-state index contributed by atoms with van der Waals surface area (Å²) in [6.07, 6.45) is 6.65. The molecule has 23 heavy (non-hydrogen) atoms. The third-order valence-corrected chi connectivity index (χ3v) is 5.25. The Bertz CT molecular complexity index is 546. The average Bonchev–Trinajstić information content (AvgIpc) is 2.60. The lowest BCUT2D eigenvalue weighted by Crippen LogP contribution is -3.15. The Morgan fingerprint density at radius 3 is 2.52 bits per heavy atom. The van der Waals surface area contributed by atoms with E-state index < -0.39 is 0 Å². The Morgan fingerprint density at radius 2 is 1.74 bits per heavy atom. The van der Waals surface area contributed by atoms with Gasteiger partial charge in [-0.3, -0.25) is 20.4 Å². The quantitative estimate of drug-likeness (QED) is 0.713. The van der Waals surface area contributed by atoms with Crippen LogP contribution in [0, 0.1) is 11.8 Å². The molecule has 5 heteroatoms. The van der Waals surface area contributed by atoms with E-state index in [9.17, 15) is 9.59 Å². The van der Waals surface area contributed by atoms with E-state index in [4.69, 9.17) is 0 Å². The molecule has 1 aliphatic carbocycles. The molecule has 0 bridgehead atoms. The molecule has 1 unspecified atom stereocenters. The fourth-order valence-electron chi connectivity index (χ4n) is 4.02. The van der Waals surface area contributed by atoms with Crippen LogP contribution in [0.25, 0.3) is 0 Å². The summed E-state index contributed by atoms with van der Waals surface area (Å²) >= 11 is 0. The van der Waals surface area contributed by atoms with Gasteiger partial charge in [-0.25, -0.2) is 0 Å². The van der Waals surface area contributed by atoms with Crippen LogP contribution in [-0.4, -0.2) is 31.4 Å². The fourth-order valence-corrected chi connectivity index (χ4v) is 4.02. The zero-order valence-electron chi connectivity index (χ0n) is 13.5. The van der Waals surface area contributed by atoms with Crippen molar-refractivity contribution in [3.05, 3.63) is 35.9 Å². The minimum absolute atomic E-state index is 0.112. The number of hydrogen-bond acceptors (Lipinski definition) is 2. The summed E-state index contributed by atoms with van der Waals surface area (Å²) in [7, 11) is 0. The lowest BCUT2D eigenvalue weighted by Gasteiger charge is -2.38. The third-order valence-electron chi connectivity index (χ3n) is 5.25. The van der Waals surface area contributed by atoms with Crippen molar-refractivity contribution in [3.63, 3.8) is 0 Å². The lowest BCUT2D eigenvalue weighted by molar-refractivity contribution is -0.902. The molecule has 1 saturated carbocycles. The number of fused-ring (bicyclic) bond motifs is 1. The van der Waals surface area contributed by atoms with Crippen molar-refractivity contribution >= 4 is 11.8 Å². The van der Waals surface area contributed by atoms with Crippen molar-refractivity contribution in [1.29, 1.82) is 0 Å². The predicted octanol–water partition coefficient (Wildman–Crippen LogP) is 0.543. The molecule has 2 aliphatic rings. The van der Waals surface area contributed by atoms with Gasteiger partial charge in [-0.15, -0.1) is 0 Å². The second kappa shape index (κ2) is 7.59. The van der Waals surface area contributed by atoms with Crippen LogP contribution >= 0.6 is 0 Å². The van der Waals surface area contributed by atoms with E-state index in [2.05, 4.69) is 10.9 Å². The maximum Gasteiger partial charge on any atom is 0.293 e. The topological polar surface area (TPSA) is 62.6 Å². The zero-order valence-corrected chi connectivity index (χ0v) is 13.5. The number of piperidine rings is 1. The first-order valence-electron chi connectivity index (χ1n) is 8.70. The van der Waals surface area contributed by atoms with Crippen LogP contribution in [0.5, 0.6) is 0 Å². The molecule has 1 heterocycles. The Morgan fingerprint density at radius 1 is 1.00 bits per heavy atom. The van der Waals surface area contributed by atoms with E-state index in [1.54, 1.807) is 24.3 Å². The first-order valence-corrected chi connectivity index (χ1v) is 8.70. The standard InChI is InChI=1S/C18H25N3O2/c22-17(19-20-18(23)15-7-2-1-3-8-15)13-21-11-10-14-6-4-5-9-16(14)12-21/h1-3,7-8,14,16H,4-6,9-13H2,(H,19,22)(H,20,23)/p+1/t14-,16+/m0/s1. The largest absolute Gasteiger partial charge is 0.327 e. The van der Waals surface area contributed by atoms with Crippen LogP contribution in [0.4, 0.5) is 0 Å². The van der Waals surface area contributed by atoms with Crippen LogP contribution in [0.2, 0.25) is 0 Å². The van der Waals surface area contributed by atoms with Crippen molar-refractivity contribution < 1.29 is 14.5 Å². The van der Waals surface area contributed by atoms with Crippen LogP contribution in [0.1, 0.15) is 42.5 Å². The van der Waals surface area contributed by atoms with Gasteiger partial charge in [0.2, 0.25) is 0 Å². The van der Waals surface area contributed by atoms with E-state index in [-0.39, 0.29) is 11.8 Å². The molecule has 1 saturated heterocycles. The highest BCUT2D eigenvalue weighted by Gasteiger charge is 2.34. The molecular formula is C18H26N3O2+. The summed E-state index contributed by atoms with van der Waals surface area (Å²) in [5.41, 5.74) is 5.58. The molecule has 0 aromatic heterocycles. The Balaban J connectivity index is 1.42. The van der Waals surface area contributed by atoms with Crippen molar-refractivity contribution in [2.24, 2.45) is 11.8 Å². The zero-order chi connectivity index (χ0) is 16.1. The van der Waals surface area contributed by atoms with Crippen molar-refractivity contribution in [3.8, 4) is 0 Å². The van der Waals surface area contributed by atoms with Gasteiger partial charge in [0.25, 0.3) is 11.8 Å². The van der Waals surface area contributed by atoms with Crippen molar-refractivity contribution in [1.82, 2.24) is 10.9 Å². The maximum atomic E-state index is 12.1. The summed E-state index contributed by atoms with van der Waals surface area (Å²) in [6, 6.07) is 8.90. The summed E-state index contributed by atoms with van der Waals surface area (Å²) in [4.78, 5) is 25.3. The smallest absolute Gasteiger partial charge is 0.293 e. The van der Waals surface area contributed by atoms with Gasteiger partial charge in [0, 0.05) is 11.5 Å². The fraction of sp³-hybridized carbons (Fsp3) is 0.556. The van der Waals surface area contributed by atoms with Gasteiger partial charge in [-0.2, -0.15) is 0 Å². The Kier molecular flexibility index (Phi) is 5.28. The number of hydrogen-bond donors (Lipinski definition) is 3. The molecule has 0 radical (unpaired) electrons. The molecule has 1 aromatic rings. The molecule has 1 aromatic carbocycles. The molecule has 3 atom stereocenters. The van der Waals surface area contributed by atoms with Crippen LogP contribution in [0.3, 0.4) is 0 Å². The number of hydrazine groups is 1.